The molecule has 1 unspecified atom stereocenters. The largest absolute Gasteiger partial charge is 0.469 e. The summed E-state index contributed by atoms with van der Waals surface area (Å²) in [5, 5.41) is 6.96. The standard InChI is InChI=1S/C24H35N5O2.HI/c1-4-29-15-5-7-21(29)18-27-24(25-14-13-22-8-6-16-31-22)26-17-19-9-11-20(12-10-19)23(30)28(2)3;/h6,8-12,16,21H,4-5,7,13-15,17-18H2,1-3H3,(H2,25,26,27);1H. The van der Waals surface area contributed by atoms with E-state index in [-0.39, 0.29) is 29.9 Å². The van der Waals surface area contributed by atoms with Gasteiger partial charge in [-0.3, -0.25) is 9.69 Å². The molecule has 1 aliphatic heterocycles. The molecule has 0 radical (unpaired) electrons. The molecule has 1 aromatic carbocycles. The van der Waals surface area contributed by atoms with Crippen LogP contribution in [0.25, 0.3) is 0 Å². The zero-order valence-corrected chi connectivity index (χ0v) is 21.7. The van der Waals surface area contributed by atoms with Crippen molar-refractivity contribution >= 4 is 35.8 Å². The van der Waals surface area contributed by atoms with E-state index < -0.39 is 0 Å². The van der Waals surface area contributed by atoms with E-state index in [0.29, 0.717) is 18.2 Å². The summed E-state index contributed by atoms with van der Waals surface area (Å²) in [6, 6.07) is 12.1. The Kier molecular flexibility index (Phi) is 11.0. The van der Waals surface area contributed by atoms with Crippen LogP contribution in [-0.4, -0.2) is 68.0 Å². The van der Waals surface area contributed by atoms with Gasteiger partial charge in [0, 0.05) is 45.2 Å². The van der Waals surface area contributed by atoms with Crippen LogP contribution in [0.1, 0.15) is 41.4 Å². The van der Waals surface area contributed by atoms with E-state index >= 15 is 0 Å². The van der Waals surface area contributed by atoms with Crippen LogP contribution in [0.3, 0.4) is 0 Å². The lowest BCUT2D eigenvalue weighted by molar-refractivity contribution is 0.0827. The third-order valence-corrected chi connectivity index (χ3v) is 5.68. The number of furan rings is 1. The van der Waals surface area contributed by atoms with Gasteiger partial charge in [0.15, 0.2) is 5.96 Å². The number of carbonyl (C=O) groups excluding carboxylic acids is 1. The SMILES string of the molecule is CCN1CCCC1CNC(=NCc1ccc(C(=O)N(C)C)cc1)NCCc1ccco1.I. The van der Waals surface area contributed by atoms with Crippen molar-refractivity contribution in [3.05, 3.63) is 59.5 Å². The number of nitrogens with one attached hydrogen (secondary N) is 2. The molecule has 3 rings (SSSR count). The predicted molar refractivity (Wildman–Crippen MR) is 140 cm³/mol. The maximum Gasteiger partial charge on any atom is 0.253 e. The number of aliphatic imine (C=N–C) groups is 1. The first-order valence-electron chi connectivity index (χ1n) is 11.2. The number of amides is 1. The number of benzene rings is 1. The van der Waals surface area contributed by atoms with Crippen LogP contribution in [0.4, 0.5) is 0 Å². The fraction of sp³-hybridized carbons (Fsp3) is 0.500. The molecule has 7 nitrogen and oxygen atoms in total. The molecule has 0 bridgehead atoms. The summed E-state index contributed by atoms with van der Waals surface area (Å²) in [7, 11) is 3.52. The van der Waals surface area contributed by atoms with E-state index in [1.807, 2.05) is 36.4 Å². The normalized spacial score (nSPS) is 16.5. The first-order valence-corrected chi connectivity index (χ1v) is 11.2. The summed E-state index contributed by atoms with van der Waals surface area (Å²) in [4.78, 5) is 21.0. The van der Waals surface area contributed by atoms with Crippen LogP contribution in [0, 0.1) is 0 Å². The van der Waals surface area contributed by atoms with E-state index in [9.17, 15) is 4.79 Å². The zero-order valence-electron chi connectivity index (χ0n) is 19.3. The summed E-state index contributed by atoms with van der Waals surface area (Å²) in [6.07, 6.45) is 4.99. The van der Waals surface area contributed by atoms with Crippen molar-refractivity contribution in [2.75, 3.05) is 40.3 Å². The average Bonchev–Trinajstić information content (AvgIpc) is 3.46. The molecule has 8 heteroatoms. The maximum atomic E-state index is 12.1. The quantitative estimate of drug-likeness (QED) is 0.283. The monoisotopic (exact) mass is 553 g/mol. The second-order valence-electron chi connectivity index (χ2n) is 8.12. The molecule has 32 heavy (non-hydrogen) atoms. The van der Waals surface area contributed by atoms with Gasteiger partial charge in [-0.05, 0) is 55.8 Å². The van der Waals surface area contributed by atoms with Crippen LogP contribution in [0.15, 0.2) is 52.1 Å². The number of halogens is 1. The molecule has 176 valence electrons. The molecule has 1 atom stereocenters. The van der Waals surface area contributed by atoms with Gasteiger partial charge in [0.25, 0.3) is 5.91 Å². The molecule has 2 aromatic rings. The first-order chi connectivity index (χ1) is 15.1. The van der Waals surface area contributed by atoms with Crippen molar-refractivity contribution in [3.63, 3.8) is 0 Å². The van der Waals surface area contributed by atoms with Gasteiger partial charge in [0.2, 0.25) is 0 Å². The Hall–Kier alpha value is -2.07. The van der Waals surface area contributed by atoms with Crippen molar-refractivity contribution < 1.29 is 9.21 Å². The fourth-order valence-corrected chi connectivity index (χ4v) is 3.87. The molecule has 2 heterocycles. The van der Waals surface area contributed by atoms with Gasteiger partial charge in [0.05, 0.1) is 12.8 Å². The van der Waals surface area contributed by atoms with Gasteiger partial charge in [-0.25, -0.2) is 4.99 Å². The minimum absolute atomic E-state index is 0. The molecule has 1 fully saturated rings. The van der Waals surface area contributed by atoms with Crippen LogP contribution >= 0.6 is 24.0 Å². The maximum absolute atomic E-state index is 12.1. The van der Waals surface area contributed by atoms with Gasteiger partial charge < -0.3 is 20.0 Å². The van der Waals surface area contributed by atoms with Gasteiger partial charge in [-0.15, -0.1) is 24.0 Å². The van der Waals surface area contributed by atoms with Crippen molar-refractivity contribution in [3.8, 4) is 0 Å². The lowest BCUT2D eigenvalue weighted by Crippen LogP contribution is -2.45. The molecular formula is C24H36IN5O2. The molecule has 2 N–H and O–H groups in total. The molecular weight excluding hydrogens is 517 g/mol. The molecule has 0 spiro atoms. The Balaban J connectivity index is 0.00000363. The predicted octanol–water partition coefficient (Wildman–Crippen LogP) is 3.36. The van der Waals surface area contributed by atoms with Crippen molar-refractivity contribution in [1.82, 2.24) is 20.4 Å². The average molecular weight is 553 g/mol. The fourth-order valence-electron chi connectivity index (χ4n) is 3.87. The van der Waals surface area contributed by atoms with E-state index in [2.05, 4.69) is 22.5 Å². The number of likely N-dealkylation sites (N-methyl/N-ethyl adjacent to an activating group) is 1. The summed E-state index contributed by atoms with van der Waals surface area (Å²) in [5.74, 6) is 1.78. The van der Waals surface area contributed by atoms with Crippen LogP contribution in [0.2, 0.25) is 0 Å². The highest BCUT2D eigenvalue weighted by atomic mass is 127. The molecule has 1 amide bonds. The number of likely N-dealkylation sites (tertiary alicyclic amines) is 1. The molecule has 1 saturated heterocycles. The summed E-state index contributed by atoms with van der Waals surface area (Å²) < 4.78 is 5.42. The van der Waals surface area contributed by atoms with E-state index in [4.69, 9.17) is 9.41 Å². The molecule has 0 saturated carbocycles. The smallest absolute Gasteiger partial charge is 0.253 e. The highest BCUT2D eigenvalue weighted by molar-refractivity contribution is 14.0. The number of hydrogen-bond acceptors (Lipinski definition) is 4. The van der Waals surface area contributed by atoms with Crippen LogP contribution in [0.5, 0.6) is 0 Å². The third kappa shape index (κ3) is 7.81. The topological polar surface area (TPSA) is 73.1 Å². The zero-order chi connectivity index (χ0) is 22.1. The number of hydrogen-bond donors (Lipinski definition) is 2. The van der Waals surface area contributed by atoms with Crippen molar-refractivity contribution in [2.45, 2.75) is 38.8 Å². The lowest BCUT2D eigenvalue weighted by atomic mass is 10.1. The number of nitrogens with zero attached hydrogens (tertiary/aromatic N) is 3. The van der Waals surface area contributed by atoms with E-state index in [1.165, 1.54) is 19.4 Å². The summed E-state index contributed by atoms with van der Waals surface area (Å²) in [6.45, 7) is 6.67. The van der Waals surface area contributed by atoms with Gasteiger partial charge in [0.1, 0.15) is 5.76 Å². The Labute approximate surface area is 208 Å². The molecule has 0 aliphatic carbocycles. The van der Waals surface area contributed by atoms with Gasteiger partial charge in [-0.2, -0.15) is 0 Å². The van der Waals surface area contributed by atoms with Crippen LogP contribution < -0.4 is 10.6 Å². The number of carbonyl (C=O) groups is 1. The van der Waals surface area contributed by atoms with Gasteiger partial charge >= 0.3 is 0 Å². The lowest BCUT2D eigenvalue weighted by Gasteiger charge is -2.24. The Morgan fingerprint density at radius 3 is 2.66 bits per heavy atom. The number of rotatable bonds is 9. The minimum atomic E-state index is 0. The summed E-state index contributed by atoms with van der Waals surface area (Å²) >= 11 is 0. The highest BCUT2D eigenvalue weighted by Gasteiger charge is 2.22. The highest BCUT2D eigenvalue weighted by Crippen LogP contribution is 2.15. The number of guanidine groups is 1. The Morgan fingerprint density at radius 2 is 2.00 bits per heavy atom. The Bertz CT molecular complexity index is 837. The molecule has 1 aromatic heterocycles. The van der Waals surface area contributed by atoms with E-state index in [1.54, 1.807) is 25.3 Å². The van der Waals surface area contributed by atoms with Gasteiger partial charge in [-0.1, -0.05) is 19.1 Å². The minimum Gasteiger partial charge on any atom is -0.469 e. The Morgan fingerprint density at radius 1 is 1.22 bits per heavy atom. The third-order valence-electron chi connectivity index (χ3n) is 5.68. The molecule has 1 aliphatic rings. The first kappa shape index (κ1) is 26.2. The second kappa shape index (κ2) is 13.5. The second-order valence-corrected chi connectivity index (χ2v) is 8.12. The van der Waals surface area contributed by atoms with Crippen LogP contribution in [-0.2, 0) is 13.0 Å². The van der Waals surface area contributed by atoms with Crippen molar-refractivity contribution in [2.24, 2.45) is 4.99 Å². The van der Waals surface area contributed by atoms with Crippen molar-refractivity contribution in [1.29, 1.82) is 0 Å². The summed E-state index contributed by atoms with van der Waals surface area (Å²) in [5.41, 5.74) is 1.76. The van der Waals surface area contributed by atoms with E-state index in [0.717, 1.165) is 43.3 Å².